The minimum Gasteiger partial charge on any atom is -0.359 e. The zero-order chi connectivity index (χ0) is 17.2. The van der Waals surface area contributed by atoms with Gasteiger partial charge in [0.1, 0.15) is 0 Å². The van der Waals surface area contributed by atoms with Crippen molar-refractivity contribution in [2.75, 3.05) is 25.5 Å². The van der Waals surface area contributed by atoms with Crippen LogP contribution < -0.4 is 10.6 Å². The van der Waals surface area contributed by atoms with E-state index in [0.29, 0.717) is 13.1 Å². The Morgan fingerprint density at radius 2 is 1.96 bits per heavy atom. The summed E-state index contributed by atoms with van der Waals surface area (Å²) in [6, 6.07) is 7.80. The number of carbonyl (C=O) groups is 2. The Kier molecular flexibility index (Phi) is 4.78. The van der Waals surface area contributed by atoms with Crippen molar-refractivity contribution in [2.24, 2.45) is 11.3 Å². The van der Waals surface area contributed by atoms with Gasteiger partial charge in [-0.15, -0.1) is 0 Å². The first-order valence-electron chi connectivity index (χ1n) is 8.95. The summed E-state index contributed by atoms with van der Waals surface area (Å²) >= 11 is 0. The standard InChI is InChI=1S/C19H27N3O2/c1-3-14-8-4-5-9-16(14)21-18(24)22-12-15(17(23)20-2)19(13-22)10-6-7-11-19/h4-5,8-9,15H,3,6-7,10-13H2,1-2H3,(H,20,23)(H,21,24). The maximum atomic E-state index is 12.8. The van der Waals surface area contributed by atoms with Gasteiger partial charge in [-0.05, 0) is 30.9 Å². The fraction of sp³-hybridized carbons (Fsp3) is 0.579. The van der Waals surface area contributed by atoms with Crippen LogP contribution in [0.2, 0.25) is 0 Å². The molecule has 1 spiro atoms. The molecule has 3 rings (SSSR count). The lowest BCUT2D eigenvalue weighted by Crippen LogP contribution is -2.38. The maximum Gasteiger partial charge on any atom is 0.321 e. The third-order valence-corrected chi connectivity index (χ3v) is 5.74. The maximum absolute atomic E-state index is 12.8. The molecule has 1 heterocycles. The van der Waals surface area contributed by atoms with Crippen LogP contribution in [0.3, 0.4) is 0 Å². The number of likely N-dealkylation sites (tertiary alicyclic amines) is 1. The van der Waals surface area contributed by atoms with Crippen LogP contribution in [0.4, 0.5) is 10.5 Å². The first-order chi connectivity index (χ1) is 11.6. The number of hydrogen-bond acceptors (Lipinski definition) is 2. The van der Waals surface area contributed by atoms with E-state index in [1.807, 2.05) is 29.2 Å². The van der Waals surface area contributed by atoms with Gasteiger partial charge in [0.15, 0.2) is 0 Å². The number of carbonyl (C=O) groups excluding carboxylic acids is 2. The first kappa shape index (κ1) is 16.8. The average Bonchev–Trinajstić information content (AvgIpc) is 3.22. The van der Waals surface area contributed by atoms with Gasteiger partial charge in [-0.25, -0.2) is 4.79 Å². The third kappa shape index (κ3) is 2.99. The van der Waals surface area contributed by atoms with Crippen molar-refractivity contribution in [2.45, 2.75) is 39.0 Å². The average molecular weight is 329 g/mol. The topological polar surface area (TPSA) is 61.4 Å². The van der Waals surface area contributed by atoms with Crippen molar-refractivity contribution in [3.8, 4) is 0 Å². The van der Waals surface area contributed by atoms with E-state index in [-0.39, 0.29) is 23.3 Å². The van der Waals surface area contributed by atoms with Gasteiger partial charge in [-0.1, -0.05) is 38.0 Å². The summed E-state index contributed by atoms with van der Waals surface area (Å²) in [5, 5.41) is 5.83. The fourth-order valence-electron chi connectivity index (χ4n) is 4.39. The lowest BCUT2D eigenvalue weighted by atomic mass is 9.76. The van der Waals surface area contributed by atoms with Crippen LogP contribution in [0.25, 0.3) is 0 Å². The van der Waals surface area contributed by atoms with Gasteiger partial charge in [0, 0.05) is 31.2 Å². The Morgan fingerprint density at radius 1 is 1.25 bits per heavy atom. The van der Waals surface area contributed by atoms with Crippen LogP contribution >= 0.6 is 0 Å². The Hall–Kier alpha value is -2.04. The number of aryl methyl sites for hydroxylation is 1. The van der Waals surface area contributed by atoms with Crippen LogP contribution in [0, 0.1) is 11.3 Å². The van der Waals surface area contributed by atoms with E-state index >= 15 is 0 Å². The summed E-state index contributed by atoms with van der Waals surface area (Å²) in [6.45, 7) is 3.28. The number of anilines is 1. The molecule has 2 N–H and O–H groups in total. The summed E-state index contributed by atoms with van der Waals surface area (Å²) in [7, 11) is 1.69. The molecule has 0 bridgehead atoms. The van der Waals surface area contributed by atoms with E-state index in [1.165, 1.54) is 0 Å². The fourth-order valence-corrected chi connectivity index (χ4v) is 4.39. The molecule has 3 amide bonds. The van der Waals surface area contributed by atoms with Crippen molar-refractivity contribution in [1.82, 2.24) is 10.2 Å². The van der Waals surface area contributed by atoms with E-state index in [1.54, 1.807) is 7.05 Å². The number of nitrogens with one attached hydrogen (secondary N) is 2. The van der Waals surface area contributed by atoms with Gasteiger partial charge < -0.3 is 15.5 Å². The van der Waals surface area contributed by atoms with E-state index in [2.05, 4.69) is 17.6 Å². The molecule has 1 saturated carbocycles. The van der Waals surface area contributed by atoms with Crippen molar-refractivity contribution >= 4 is 17.6 Å². The van der Waals surface area contributed by atoms with Crippen LogP contribution in [-0.2, 0) is 11.2 Å². The highest BCUT2D eigenvalue weighted by molar-refractivity contribution is 5.91. The number of amides is 3. The monoisotopic (exact) mass is 329 g/mol. The highest BCUT2D eigenvalue weighted by Gasteiger charge is 2.52. The van der Waals surface area contributed by atoms with E-state index < -0.39 is 0 Å². The van der Waals surface area contributed by atoms with Crippen LogP contribution in [0.15, 0.2) is 24.3 Å². The molecular formula is C19H27N3O2. The number of nitrogens with zero attached hydrogens (tertiary/aromatic N) is 1. The number of urea groups is 1. The number of hydrogen-bond donors (Lipinski definition) is 2. The molecule has 5 nitrogen and oxygen atoms in total. The molecule has 1 saturated heterocycles. The van der Waals surface area contributed by atoms with Gasteiger partial charge >= 0.3 is 6.03 Å². The molecule has 2 fully saturated rings. The van der Waals surface area contributed by atoms with E-state index in [9.17, 15) is 9.59 Å². The third-order valence-electron chi connectivity index (χ3n) is 5.74. The van der Waals surface area contributed by atoms with Crippen molar-refractivity contribution < 1.29 is 9.59 Å². The molecule has 2 aliphatic rings. The van der Waals surface area contributed by atoms with E-state index in [0.717, 1.165) is 43.4 Å². The van der Waals surface area contributed by atoms with Gasteiger partial charge in [-0.2, -0.15) is 0 Å². The Bertz CT molecular complexity index is 623. The lowest BCUT2D eigenvalue weighted by Gasteiger charge is -2.28. The molecule has 1 atom stereocenters. The second-order valence-electron chi connectivity index (χ2n) is 7.06. The SMILES string of the molecule is CCc1ccccc1NC(=O)N1CC(C(=O)NC)C2(CCCC2)C1. The molecule has 1 unspecified atom stereocenters. The molecule has 5 heteroatoms. The molecule has 1 aliphatic heterocycles. The number of rotatable bonds is 3. The van der Waals surface area contributed by atoms with Crippen LogP contribution in [0.5, 0.6) is 0 Å². The van der Waals surface area contributed by atoms with Crippen LogP contribution in [0.1, 0.15) is 38.2 Å². The highest BCUT2D eigenvalue weighted by Crippen LogP contribution is 2.49. The van der Waals surface area contributed by atoms with Gasteiger partial charge in [-0.3, -0.25) is 4.79 Å². The van der Waals surface area contributed by atoms with Crippen LogP contribution in [-0.4, -0.2) is 37.0 Å². The van der Waals surface area contributed by atoms with Crippen molar-refractivity contribution in [3.05, 3.63) is 29.8 Å². The Balaban J connectivity index is 1.75. The molecule has 24 heavy (non-hydrogen) atoms. The molecular weight excluding hydrogens is 302 g/mol. The molecule has 130 valence electrons. The molecule has 1 aromatic carbocycles. The molecule has 1 aliphatic carbocycles. The van der Waals surface area contributed by atoms with Gasteiger partial charge in [0.2, 0.25) is 5.91 Å². The summed E-state index contributed by atoms with van der Waals surface area (Å²) in [5.74, 6) is -0.0154. The highest BCUT2D eigenvalue weighted by atomic mass is 16.2. The summed E-state index contributed by atoms with van der Waals surface area (Å²) < 4.78 is 0. The largest absolute Gasteiger partial charge is 0.359 e. The van der Waals surface area contributed by atoms with E-state index in [4.69, 9.17) is 0 Å². The van der Waals surface area contributed by atoms with Gasteiger partial charge in [0.05, 0.1) is 5.92 Å². The summed E-state index contributed by atoms with van der Waals surface area (Å²) in [6.07, 6.45) is 5.27. The predicted molar refractivity (Wildman–Crippen MR) is 94.9 cm³/mol. The Labute approximate surface area is 143 Å². The quantitative estimate of drug-likeness (QED) is 0.895. The zero-order valence-electron chi connectivity index (χ0n) is 14.6. The smallest absolute Gasteiger partial charge is 0.321 e. The zero-order valence-corrected chi connectivity index (χ0v) is 14.6. The molecule has 1 aromatic rings. The Morgan fingerprint density at radius 3 is 2.62 bits per heavy atom. The first-order valence-corrected chi connectivity index (χ1v) is 8.95. The normalized spacial score (nSPS) is 21.9. The lowest BCUT2D eigenvalue weighted by molar-refractivity contribution is -0.127. The molecule has 0 radical (unpaired) electrons. The minimum absolute atomic E-state index is 0.0261. The van der Waals surface area contributed by atoms with Crippen molar-refractivity contribution in [3.63, 3.8) is 0 Å². The minimum atomic E-state index is -0.0893. The molecule has 0 aromatic heterocycles. The number of para-hydroxylation sites is 1. The summed E-state index contributed by atoms with van der Waals surface area (Å²) in [5.41, 5.74) is 1.97. The second kappa shape index (κ2) is 6.83. The van der Waals surface area contributed by atoms with Gasteiger partial charge in [0.25, 0.3) is 0 Å². The summed E-state index contributed by atoms with van der Waals surface area (Å²) in [4.78, 5) is 26.9. The van der Waals surface area contributed by atoms with Crippen molar-refractivity contribution in [1.29, 1.82) is 0 Å². The number of benzene rings is 1. The second-order valence-corrected chi connectivity index (χ2v) is 7.06. The predicted octanol–water partition coefficient (Wildman–Crippen LogP) is 3.02.